The van der Waals surface area contributed by atoms with Gasteiger partial charge in [-0.3, -0.25) is 4.79 Å². The first-order chi connectivity index (χ1) is 10.4. The number of nitrogens with zero attached hydrogens (tertiary/aromatic N) is 4. The smallest absolute Gasteiger partial charge is 0.241 e. The molecular formula is C14H20N6O2. The van der Waals surface area contributed by atoms with E-state index in [0.717, 1.165) is 0 Å². The van der Waals surface area contributed by atoms with Crippen LogP contribution < -0.4 is 15.8 Å². The lowest BCUT2D eigenvalue weighted by atomic mass is 10.0. The molecule has 1 amide bonds. The third-order valence-electron chi connectivity index (χ3n) is 3.32. The molecule has 2 aromatic rings. The summed E-state index contributed by atoms with van der Waals surface area (Å²) in [5, 5.41) is 14.2. The molecule has 8 nitrogen and oxygen atoms in total. The predicted molar refractivity (Wildman–Crippen MR) is 81.9 cm³/mol. The van der Waals surface area contributed by atoms with Crippen LogP contribution in [-0.2, 0) is 4.79 Å². The number of hydrogen-bond donors (Lipinski definition) is 2. The van der Waals surface area contributed by atoms with Crippen molar-refractivity contribution in [3.8, 4) is 11.4 Å². The fourth-order valence-corrected chi connectivity index (χ4v) is 1.92. The highest BCUT2D eigenvalue weighted by Crippen LogP contribution is 2.26. The Labute approximate surface area is 128 Å². The lowest BCUT2D eigenvalue weighted by molar-refractivity contribution is -0.118. The van der Waals surface area contributed by atoms with E-state index in [1.54, 1.807) is 32.2 Å². The Bertz CT molecular complexity index is 667. The maximum absolute atomic E-state index is 12.1. The Hall–Kier alpha value is -2.48. The number of nitrogens with two attached hydrogens (primary N) is 1. The van der Waals surface area contributed by atoms with Crippen LogP contribution in [0.5, 0.6) is 5.75 Å². The summed E-state index contributed by atoms with van der Waals surface area (Å²) in [6.45, 7) is 5.57. The van der Waals surface area contributed by atoms with Crippen LogP contribution in [-0.4, -0.2) is 39.3 Å². The molecule has 1 atom stereocenters. The highest BCUT2D eigenvalue weighted by molar-refractivity contribution is 5.95. The molecule has 22 heavy (non-hydrogen) atoms. The van der Waals surface area contributed by atoms with Crippen LogP contribution in [0.25, 0.3) is 5.69 Å². The molecule has 118 valence electrons. The van der Waals surface area contributed by atoms with Crippen LogP contribution in [0.15, 0.2) is 18.2 Å². The number of hydrogen-bond acceptors (Lipinski definition) is 6. The minimum Gasteiger partial charge on any atom is -0.494 e. The summed E-state index contributed by atoms with van der Waals surface area (Å²) in [7, 11) is 1.56. The second-order valence-electron chi connectivity index (χ2n) is 5.28. The number of rotatable bonds is 5. The summed E-state index contributed by atoms with van der Waals surface area (Å²) >= 11 is 0. The SMILES string of the molecule is COc1ccc(NC(=O)[C@@H](N)C(C)C)cc1-n1nnnc1C. The van der Waals surface area contributed by atoms with Gasteiger partial charge in [0.2, 0.25) is 5.91 Å². The van der Waals surface area contributed by atoms with Crippen molar-refractivity contribution in [1.29, 1.82) is 0 Å². The molecular weight excluding hydrogens is 284 g/mol. The van der Waals surface area contributed by atoms with Crippen molar-refractivity contribution in [3.05, 3.63) is 24.0 Å². The number of amides is 1. The Balaban J connectivity index is 2.32. The third-order valence-corrected chi connectivity index (χ3v) is 3.32. The zero-order chi connectivity index (χ0) is 16.3. The molecule has 0 saturated carbocycles. The number of benzene rings is 1. The number of aromatic nitrogens is 4. The van der Waals surface area contributed by atoms with Crippen molar-refractivity contribution in [3.63, 3.8) is 0 Å². The van der Waals surface area contributed by atoms with Gasteiger partial charge in [0.15, 0.2) is 5.82 Å². The maximum Gasteiger partial charge on any atom is 0.241 e. The van der Waals surface area contributed by atoms with Gasteiger partial charge >= 0.3 is 0 Å². The van der Waals surface area contributed by atoms with Gasteiger partial charge in [-0.25, -0.2) is 0 Å². The average Bonchev–Trinajstić information content (AvgIpc) is 2.92. The second kappa shape index (κ2) is 6.52. The van der Waals surface area contributed by atoms with E-state index in [2.05, 4.69) is 20.8 Å². The van der Waals surface area contributed by atoms with E-state index in [0.29, 0.717) is 22.9 Å². The molecule has 1 heterocycles. The molecule has 0 unspecified atom stereocenters. The maximum atomic E-state index is 12.1. The topological polar surface area (TPSA) is 108 Å². The predicted octanol–water partition coefficient (Wildman–Crippen LogP) is 0.901. The Morgan fingerprint density at radius 1 is 1.41 bits per heavy atom. The standard InChI is InChI=1S/C14H20N6O2/c1-8(2)13(15)14(21)16-10-5-6-12(22-4)11(7-10)20-9(3)17-18-19-20/h5-8,13H,15H2,1-4H3,(H,16,21)/t13-/m0/s1. The first-order valence-electron chi connectivity index (χ1n) is 6.94. The largest absolute Gasteiger partial charge is 0.494 e. The summed E-state index contributed by atoms with van der Waals surface area (Å²) in [6, 6.07) is 4.66. The van der Waals surface area contributed by atoms with E-state index in [1.807, 2.05) is 13.8 Å². The zero-order valence-corrected chi connectivity index (χ0v) is 13.1. The lowest BCUT2D eigenvalue weighted by Crippen LogP contribution is -2.39. The van der Waals surface area contributed by atoms with Gasteiger partial charge in [-0.05, 0) is 41.5 Å². The molecule has 3 N–H and O–H groups in total. The van der Waals surface area contributed by atoms with Gasteiger partial charge in [0.25, 0.3) is 0 Å². The molecule has 0 fully saturated rings. The molecule has 0 aliphatic heterocycles. The van der Waals surface area contributed by atoms with Crippen LogP contribution in [0.3, 0.4) is 0 Å². The van der Waals surface area contributed by atoms with Gasteiger partial charge in [-0.1, -0.05) is 13.8 Å². The number of anilines is 1. The Morgan fingerprint density at radius 3 is 2.68 bits per heavy atom. The monoisotopic (exact) mass is 304 g/mol. The van der Waals surface area contributed by atoms with E-state index in [-0.39, 0.29) is 11.8 Å². The van der Waals surface area contributed by atoms with Crippen molar-refractivity contribution < 1.29 is 9.53 Å². The molecule has 8 heteroatoms. The summed E-state index contributed by atoms with van der Waals surface area (Å²) in [6.07, 6.45) is 0. The van der Waals surface area contributed by atoms with Gasteiger partial charge in [-0.15, -0.1) is 5.10 Å². The quantitative estimate of drug-likeness (QED) is 0.849. The first kappa shape index (κ1) is 15.9. The van der Waals surface area contributed by atoms with Crippen molar-refractivity contribution in [2.45, 2.75) is 26.8 Å². The number of carbonyl (C=O) groups excluding carboxylic acids is 1. The minimum atomic E-state index is -0.569. The Kier molecular flexibility index (Phi) is 4.71. The normalized spacial score (nSPS) is 12.3. The van der Waals surface area contributed by atoms with Crippen molar-refractivity contribution in [1.82, 2.24) is 20.2 Å². The summed E-state index contributed by atoms with van der Waals surface area (Å²) in [4.78, 5) is 12.1. The Morgan fingerprint density at radius 2 is 2.14 bits per heavy atom. The van der Waals surface area contributed by atoms with Gasteiger partial charge in [0.05, 0.1) is 13.2 Å². The molecule has 0 spiro atoms. The number of carbonyl (C=O) groups is 1. The van der Waals surface area contributed by atoms with Crippen LogP contribution in [0.4, 0.5) is 5.69 Å². The molecule has 2 rings (SSSR count). The van der Waals surface area contributed by atoms with Gasteiger partial charge in [0, 0.05) is 5.69 Å². The van der Waals surface area contributed by atoms with Gasteiger partial charge < -0.3 is 15.8 Å². The first-order valence-corrected chi connectivity index (χ1v) is 6.94. The number of aryl methyl sites for hydroxylation is 1. The van der Waals surface area contributed by atoms with Crippen molar-refractivity contribution in [2.24, 2.45) is 11.7 Å². The number of nitrogens with one attached hydrogen (secondary N) is 1. The molecule has 1 aromatic heterocycles. The molecule has 0 saturated heterocycles. The van der Waals surface area contributed by atoms with E-state index < -0.39 is 6.04 Å². The third kappa shape index (κ3) is 3.22. The van der Waals surface area contributed by atoms with E-state index >= 15 is 0 Å². The zero-order valence-electron chi connectivity index (χ0n) is 13.1. The van der Waals surface area contributed by atoms with Crippen LogP contribution in [0.2, 0.25) is 0 Å². The molecule has 0 aliphatic rings. The molecule has 0 bridgehead atoms. The summed E-state index contributed by atoms with van der Waals surface area (Å²) < 4.78 is 6.85. The lowest BCUT2D eigenvalue weighted by Gasteiger charge is -2.16. The second-order valence-corrected chi connectivity index (χ2v) is 5.28. The van der Waals surface area contributed by atoms with Crippen LogP contribution in [0.1, 0.15) is 19.7 Å². The molecule has 0 radical (unpaired) electrons. The number of ether oxygens (including phenoxy) is 1. The summed E-state index contributed by atoms with van der Waals surface area (Å²) in [5.41, 5.74) is 7.09. The highest BCUT2D eigenvalue weighted by Gasteiger charge is 2.18. The van der Waals surface area contributed by atoms with Crippen molar-refractivity contribution in [2.75, 3.05) is 12.4 Å². The van der Waals surface area contributed by atoms with E-state index in [9.17, 15) is 4.79 Å². The fraction of sp³-hybridized carbons (Fsp3) is 0.429. The average molecular weight is 304 g/mol. The number of methoxy groups -OCH3 is 1. The van der Waals surface area contributed by atoms with Crippen LogP contribution in [0, 0.1) is 12.8 Å². The van der Waals surface area contributed by atoms with Gasteiger partial charge in [0.1, 0.15) is 11.4 Å². The fourth-order valence-electron chi connectivity index (χ4n) is 1.92. The highest BCUT2D eigenvalue weighted by atomic mass is 16.5. The molecule has 1 aromatic carbocycles. The van der Waals surface area contributed by atoms with Crippen LogP contribution >= 0.6 is 0 Å². The van der Waals surface area contributed by atoms with E-state index in [4.69, 9.17) is 10.5 Å². The van der Waals surface area contributed by atoms with Gasteiger partial charge in [-0.2, -0.15) is 4.68 Å². The molecule has 0 aliphatic carbocycles. The van der Waals surface area contributed by atoms with E-state index in [1.165, 1.54) is 4.68 Å². The number of tetrazole rings is 1. The summed E-state index contributed by atoms with van der Waals surface area (Å²) in [5.74, 6) is 1.03. The van der Waals surface area contributed by atoms with Crippen molar-refractivity contribution >= 4 is 11.6 Å². The minimum absolute atomic E-state index is 0.0551.